The number of nitrogens with one attached hydrogen (secondary N) is 1. The minimum atomic E-state index is -0.371. The van der Waals surface area contributed by atoms with E-state index < -0.39 is 0 Å². The highest BCUT2D eigenvalue weighted by Crippen LogP contribution is 2.27. The quantitative estimate of drug-likeness (QED) is 0.499. The average molecular weight is 429 g/mol. The maximum Gasteiger partial charge on any atom is 0.308 e. The fourth-order valence-electron chi connectivity index (χ4n) is 2.95. The molecule has 0 fully saturated rings. The number of aryl methyl sites for hydroxylation is 2. The molecule has 1 amide bonds. The Hall–Kier alpha value is -3.04. The minimum absolute atomic E-state index is 0.162. The molecule has 1 aromatic carbocycles. The summed E-state index contributed by atoms with van der Waals surface area (Å²) in [5.74, 6) is 0.672. The molecule has 0 radical (unpaired) electrons. The fourth-order valence-corrected chi connectivity index (χ4v) is 4.51. The van der Waals surface area contributed by atoms with Crippen molar-refractivity contribution < 1.29 is 13.6 Å². The van der Waals surface area contributed by atoms with Gasteiger partial charge in [-0.05, 0) is 55.8 Å². The van der Waals surface area contributed by atoms with Gasteiger partial charge in [0.2, 0.25) is 5.91 Å². The van der Waals surface area contributed by atoms with Gasteiger partial charge < -0.3 is 9.73 Å². The van der Waals surface area contributed by atoms with Crippen molar-refractivity contribution >= 4 is 33.7 Å². The smallest absolute Gasteiger partial charge is 0.308 e. The van der Waals surface area contributed by atoms with Crippen LogP contribution in [-0.4, -0.2) is 15.5 Å². The van der Waals surface area contributed by atoms with Gasteiger partial charge in [0.25, 0.3) is 0 Å². The molecule has 0 unspecified atom stereocenters. The molecule has 0 saturated carbocycles. The van der Waals surface area contributed by atoms with Gasteiger partial charge in [-0.1, -0.05) is 11.3 Å². The maximum absolute atomic E-state index is 13.2. The maximum atomic E-state index is 13.2. The summed E-state index contributed by atoms with van der Waals surface area (Å²) in [6.07, 6.45) is 0. The van der Waals surface area contributed by atoms with Crippen molar-refractivity contribution in [2.24, 2.45) is 0 Å². The standard InChI is InChI=1S/C20H16FN3O3S2/c1-11-3-8-16(27-11)15-10-28-19(22-15)23-17(25)9-24-18(12(2)29-20(24)26)13-4-6-14(21)7-5-13/h3-8,10H,9H2,1-2H3,(H,22,23,25). The Bertz CT molecular complexity index is 1230. The molecule has 4 rings (SSSR count). The number of amides is 1. The molecule has 0 bridgehead atoms. The molecule has 6 nitrogen and oxygen atoms in total. The number of hydrogen-bond donors (Lipinski definition) is 1. The van der Waals surface area contributed by atoms with Crippen LogP contribution in [0.2, 0.25) is 0 Å². The molecule has 4 aromatic rings. The summed E-state index contributed by atoms with van der Waals surface area (Å²) in [4.78, 5) is 29.8. The molecule has 0 aliphatic rings. The molecule has 0 atom stereocenters. The highest BCUT2D eigenvalue weighted by atomic mass is 32.1. The van der Waals surface area contributed by atoms with Crippen molar-refractivity contribution in [2.45, 2.75) is 20.4 Å². The van der Waals surface area contributed by atoms with Crippen LogP contribution >= 0.6 is 22.7 Å². The van der Waals surface area contributed by atoms with Crippen molar-refractivity contribution in [3.05, 3.63) is 67.9 Å². The third kappa shape index (κ3) is 4.06. The van der Waals surface area contributed by atoms with E-state index >= 15 is 0 Å². The van der Waals surface area contributed by atoms with E-state index in [9.17, 15) is 14.0 Å². The number of nitrogens with zero attached hydrogens (tertiary/aromatic N) is 2. The molecule has 0 saturated heterocycles. The fraction of sp³-hybridized carbons (Fsp3) is 0.150. The second-order valence-electron chi connectivity index (χ2n) is 6.36. The van der Waals surface area contributed by atoms with Crippen LogP contribution in [0, 0.1) is 19.7 Å². The van der Waals surface area contributed by atoms with Crippen LogP contribution in [0.3, 0.4) is 0 Å². The summed E-state index contributed by atoms with van der Waals surface area (Å²) >= 11 is 2.33. The summed E-state index contributed by atoms with van der Waals surface area (Å²) in [7, 11) is 0. The second-order valence-corrected chi connectivity index (χ2v) is 8.39. The van der Waals surface area contributed by atoms with Gasteiger partial charge in [-0.15, -0.1) is 11.3 Å². The summed E-state index contributed by atoms with van der Waals surface area (Å²) in [5, 5.41) is 4.93. The van der Waals surface area contributed by atoms with Gasteiger partial charge in [0.05, 0.1) is 5.69 Å². The van der Waals surface area contributed by atoms with Crippen LogP contribution in [0.15, 0.2) is 51.0 Å². The van der Waals surface area contributed by atoms with E-state index in [0.717, 1.165) is 22.0 Å². The van der Waals surface area contributed by atoms with Crippen LogP contribution in [0.5, 0.6) is 0 Å². The lowest BCUT2D eigenvalue weighted by molar-refractivity contribution is -0.116. The van der Waals surface area contributed by atoms with E-state index in [1.807, 2.05) is 19.1 Å². The van der Waals surface area contributed by atoms with E-state index in [2.05, 4.69) is 10.3 Å². The molecule has 3 aromatic heterocycles. The molecular formula is C20H16FN3O3S2. The number of hydrogen-bond acceptors (Lipinski definition) is 6. The van der Waals surface area contributed by atoms with Crippen LogP contribution in [0.1, 0.15) is 10.6 Å². The third-order valence-corrected chi connectivity index (χ3v) is 5.88. The number of aromatic nitrogens is 2. The monoisotopic (exact) mass is 429 g/mol. The summed E-state index contributed by atoms with van der Waals surface area (Å²) in [6, 6.07) is 9.50. The van der Waals surface area contributed by atoms with E-state index in [4.69, 9.17) is 4.42 Å². The van der Waals surface area contributed by atoms with E-state index in [1.165, 1.54) is 28.0 Å². The molecule has 0 aliphatic carbocycles. The predicted molar refractivity (Wildman–Crippen MR) is 112 cm³/mol. The first-order valence-electron chi connectivity index (χ1n) is 8.69. The number of thiazole rings is 2. The van der Waals surface area contributed by atoms with E-state index in [1.54, 1.807) is 24.4 Å². The van der Waals surface area contributed by atoms with Crippen molar-refractivity contribution in [2.75, 3.05) is 5.32 Å². The lowest BCUT2D eigenvalue weighted by atomic mass is 10.1. The van der Waals surface area contributed by atoms with E-state index in [-0.39, 0.29) is 23.1 Å². The lowest BCUT2D eigenvalue weighted by Gasteiger charge is -2.09. The highest BCUT2D eigenvalue weighted by molar-refractivity contribution is 7.14. The van der Waals surface area contributed by atoms with Crippen molar-refractivity contribution in [1.29, 1.82) is 0 Å². The number of carbonyl (C=O) groups excluding carboxylic acids is 1. The number of rotatable bonds is 5. The van der Waals surface area contributed by atoms with Gasteiger partial charge in [0, 0.05) is 10.3 Å². The Morgan fingerprint density at radius 2 is 1.97 bits per heavy atom. The molecular weight excluding hydrogens is 413 g/mol. The van der Waals surface area contributed by atoms with Gasteiger partial charge in [-0.25, -0.2) is 9.37 Å². The summed E-state index contributed by atoms with van der Waals surface area (Å²) in [5.41, 5.74) is 1.93. The Balaban J connectivity index is 1.54. The molecule has 29 heavy (non-hydrogen) atoms. The lowest BCUT2D eigenvalue weighted by Crippen LogP contribution is -2.25. The molecule has 3 heterocycles. The predicted octanol–water partition coefficient (Wildman–Crippen LogP) is 4.69. The first kappa shape index (κ1) is 19.3. The minimum Gasteiger partial charge on any atom is -0.460 e. The zero-order chi connectivity index (χ0) is 20.5. The van der Waals surface area contributed by atoms with Gasteiger partial charge in [-0.3, -0.25) is 14.2 Å². The summed E-state index contributed by atoms with van der Waals surface area (Å²) in [6.45, 7) is 3.49. The zero-order valence-corrected chi connectivity index (χ0v) is 17.2. The molecule has 0 aliphatic heterocycles. The summed E-state index contributed by atoms with van der Waals surface area (Å²) < 4.78 is 20.2. The van der Waals surface area contributed by atoms with Crippen LogP contribution < -0.4 is 10.2 Å². The molecule has 148 valence electrons. The Morgan fingerprint density at radius 1 is 1.21 bits per heavy atom. The first-order valence-corrected chi connectivity index (χ1v) is 10.4. The number of halogens is 1. The number of benzene rings is 1. The van der Waals surface area contributed by atoms with Crippen LogP contribution in [-0.2, 0) is 11.3 Å². The average Bonchev–Trinajstić information content (AvgIpc) is 3.37. The molecule has 1 N–H and O–H groups in total. The van der Waals surface area contributed by atoms with Crippen molar-refractivity contribution in [3.8, 4) is 22.7 Å². The SMILES string of the molecule is Cc1ccc(-c2csc(NC(=O)Cn3c(-c4ccc(F)cc4)c(C)sc3=O)n2)o1. The third-order valence-electron chi connectivity index (χ3n) is 4.23. The number of furan rings is 1. The largest absolute Gasteiger partial charge is 0.460 e. The Morgan fingerprint density at radius 3 is 2.66 bits per heavy atom. The number of anilines is 1. The normalized spacial score (nSPS) is 11.0. The Labute approximate surface area is 173 Å². The molecule has 0 spiro atoms. The zero-order valence-electron chi connectivity index (χ0n) is 15.6. The topological polar surface area (TPSA) is 77.1 Å². The van der Waals surface area contributed by atoms with Gasteiger partial charge in [0.15, 0.2) is 10.9 Å². The molecule has 9 heteroatoms. The highest BCUT2D eigenvalue weighted by Gasteiger charge is 2.17. The van der Waals surface area contributed by atoms with Gasteiger partial charge in [-0.2, -0.15) is 0 Å². The van der Waals surface area contributed by atoms with Crippen molar-refractivity contribution in [3.63, 3.8) is 0 Å². The first-order chi connectivity index (χ1) is 13.9. The Kier molecular flexibility index (Phi) is 5.16. The van der Waals surface area contributed by atoms with Crippen LogP contribution in [0.25, 0.3) is 22.7 Å². The second kappa shape index (κ2) is 7.76. The van der Waals surface area contributed by atoms with Gasteiger partial charge in [0.1, 0.15) is 23.8 Å². The van der Waals surface area contributed by atoms with Crippen molar-refractivity contribution in [1.82, 2.24) is 9.55 Å². The van der Waals surface area contributed by atoms with Gasteiger partial charge >= 0.3 is 4.87 Å². The van der Waals surface area contributed by atoms with E-state index in [0.29, 0.717) is 27.8 Å². The number of carbonyl (C=O) groups is 1. The van der Waals surface area contributed by atoms with Crippen LogP contribution in [0.4, 0.5) is 9.52 Å².